The van der Waals surface area contributed by atoms with Crippen LogP contribution in [-0.2, 0) is 42.8 Å². The van der Waals surface area contributed by atoms with Gasteiger partial charge in [-0.05, 0) is 22.3 Å². The van der Waals surface area contributed by atoms with Crippen LogP contribution in [0.15, 0.2) is 48.5 Å². The maximum Gasteiger partial charge on any atom is 0.409 e. The van der Waals surface area contributed by atoms with Crippen LogP contribution in [0.25, 0.3) is 11.1 Å². The van der Waals surface area contributed by atoms with E-state index in [4.69, 9.17) is 63.2 Å². The highest BCUT2D eigenvalue weighted by atomic mass is 35.6. The molecule has 1 saturated heterocycles. The van der Waals surface area contributed by atoms with Gasteiger partial charge in [-0.25, -0.2) is 9.59 Å². The van der Waals surface area contributed by atoms with Crippen molar-refractivity contribution in [1.82, 2.24) is 10.6 Å². The molecule has 4 rings (SSSR count). The van der Waals surface area contributed by atoms with Crippen LogP contribution in [-0.4, -0.2) is 100 Å². The summed E-state index contributed by atoms with van der Waals surface area (Å²) < 4.78 is 29.5. The molecule has 2 amide bonds. The Labute approximate surface area is 301 Å². The van der Waals surface area contributed by atoms with Crippen molar-refractivity contribution < 1.29 is 62.6 Å². The first kappa shape index (κ1) is 38.9. The van der Waals surface area contributed by atoms with Crippen molar-refractivity contribution in [1.29, 1.82) is 0 Å². The van der Waals surface area contributed by atoms with Crippen LogP contribution in [0.1, 0.15) is 44.2 Å². The maximum atomic E-state index is 12.9. The van der Waals surface area contributed by atoms with Crippen molar-refractivity contribution in [2.75, 3.05) is 26.4 Å². The van der Waals surface area contributed by atoms with E-state index < -0.39 is 89.9 Å². The summed E-state index contributed by atoms with van der Waals surface area (Å²) in [6, 6.07) is 15.4. The van der Waals surface area contributed by atoms with E-state index in [2.05, 4.69) is 5.32 Å². The van der Waals surface area contributed by atoms with Crippen LogP contribution in [0.5, 0.6) is 0 Å². The fourth-order valence-electron chi connectivity index (χ4n) is 5.79. The lowest BCUT2D eigenvalue weighted by atomic mass is 9.84. The number of ether oxygens (including phenoxy) is 6. The number of esters is 3. The van der Waals surface area contributed by atoms with E-state index in [1.54, 1.807) is 0 Å². The zero-order valence-corrected chi connectivity index (χ0v) is 29.3. The lowest BCUT2D eigenvalue weighted by molar-refractivity contribution is -0.396. The van der Waals surface area contributed by atoms with Gasteiger partial charge in [0.15, 0.2) is 12.2 Å². The Balaban J connectivity index is 1.56. The van der Waals surface area contributed by atoms with Crippen LogP contribution in [0.4, 0.5) is 9.59 Å². The number of alkyl carbamates (subject to hydrolysis) is 2. The number of rotatable bonds is 11. The first-order valence-corrected chi connectivity index (χ1v) is 16.3. The van der Waals surface area contributed by atoms with Crippen molar-refractivity contribution in [3.8, 4) is 11.1 Å². The molecule has 0 saturated carbocycles. The molecule has 0 aromatic heterocycles. The van der Waals surface area contributed by atoms with Crippen molar-refractivity contribution in [2.45, 2.75) is 66.7 Å². The SMILES string of the molecule is CC(=O)OC[C@H]1O[C@](O)(CCNC(=O)OCC2c3ccccc3-c3ccccc32)[C@](O)(NC(=O)OCC(Cl)(Cl)Cl)[C@@H](OC(C)=O)[C@H]1OC(C)=O. The molecule has 50 heavy (non-hydrogen) atoms. The summed E-state index contributed by atoms with van der Waals surface area (Å²) in [6.07, 6.45) is -8.65. The van der Waals surface area contributed by atoms with E-state index in [9.17, 15) is 34.2 Å². The van der Waals surface area contributed by atoms with Gasteiger partial charge in [-0.15, -0.1) is 0 Å². The number of benzene rings is 2. The molecule has 1 heterocycles. The van der Waals surface area contributed by atoms with E-state index in [0.29, 0.717) is 0 Å². The van der Waals surface area contributed by atoms with E-state index in [1.165, 1.54) is 0 Å². The van der Waals surface area contributed by atoms with Crippen LogP contribution in [0.3, 0.4) is 0 Å². The molecule has 1 aliphatic carbocycles. The van der Waals surface area contributed by atoms with Crippen LogP contribution in [0.2, 0.25) is 0 Å². The van der Waals surface area contributed by atoms with Gasteiger partial charge < -0.3 is 44.0 Å². The monoisotopic (exact) mass is 760 g/mol. The van der Waals surface area contributed by atoms with Crippen LogP contribution < -0.4 is 10.6 Å². The molecular formula is C32H35Cl3N2O13. The number of carbonyl (C=O) groups is 5. The number of fused-ring (bicyclic) bond motifs is 3. The van der Waals surface area contributed by atoms with E-state index >= 15 is 0 Å². The summed E-state index contributed by atoms with van der Waals surface area (Å²) in [7, 11) is 0. The van der Waals surface area contributed by atoms with Gasteiger partial charge >= 0.3 is 30.1 Å². The van der Waals surface area contributed by atoms with Gasteiger partial charge in [-0.3, -0.25) is 19.7 Å². The number of halogens is 3. The Hall–Kier alpha value is -3.86. The minimum atomic E-state index is -3.18. The van der Waals surface area contributed by atoms with Crippen molar-refractivity contribution in [3.05, 3.63) is 59.7 Å². The fraction of sp³-hybridized carbons (Fsp3) is 0.469. The summed E-state index contributed by atoms with van der Waals surface area (Å²) in [5.41, 5.74) is 0.805. The highest BCUT2D eigenvalue weighted by molar-refractivity contribution is 6.67. The molecule has 0 spiro atoms. The summed E-state index contributed by atoms with van der Waals surface area (Å²) in [5, 5.41) is 28.2. The lowest BCUT2D eigenvalue weighted by Crippen LogP contribution is -2.80. The molecule has 2 aromatic carbocycles. The number of amides is 2. The van der Waals surface area contributed by atoms with Gasteiger partial charge in [0.05, 0.1) is 0 Å². The Bertz CT molecular complexity index is 1560. The second kappa shape index (κ2) is 16.0. The Morgan fingerprint density at radius 2 is 1.38 bits per heavy atom. The third-order valence-electron chi connectivity index (χ3n) is 7.80. The number of aliphatic hydroxyl groups is 2. The first-order chi connectivity index (χ1) is 23.4. The molecule has 272 valence electrons. The maximum absolute atomic E-state index is 12.9. The molecule has 0 unspecified atom stereocenters. The molecule has 18 heteroatoms. The van der Waals surface area contributed by atoms with Gasteiger partial charge in [0.1, 0.15) is 25.9 Å². The smallest absolute Gasteiger partial charge is 0.409 e. The van der Waals surface area contributed by atoms with Crippen molar-refractivity contribution >= 4 is 64.9 Å². The van der Waals surface area contributed by atoms with Crippen LogP contribution >= 0.6 is 34.8 Å². The van der Waals surface area contributed by atoms with E-state index in [1.807, 2.05) is 53.8 Å². The zero-order valence-electron chi connectivity index (χ0n) is 27.0. The number of hydrogen-bond donors (Lipinski definition) is 4. The third-order valence-corrected chi connectivity index (χ3v) is 8.13. The predicted molar refractivity (Wildman–Crippen MR) is 175 cm³/mol. The second-order valence-electron chi connectivity index (χ2n) is 11.4. The normalized spacial score (nSPS) is 24.2. The molecule has 5 atom stereocenters. The molecule has 15 nitrogen and oxygen atoms in total. The minimum Gasteiger partial charge on any atom is -0.463 e. The van der Waals surface area contributed by atoms with Crippen molar-refractivity contribution in [2.24, 2.45) is 0 Å². The summed E-state index contributed by atoms with van der Waals surface area (Å²) in [5.74, 6) is -6.06. The number of carbonyl (C=O) groups excluding carboxylic acids is 5. The number of nitrogens with one attached hydrogen (secondary N) is 2. The highest BCUT2D eigenvalue weighted by Crippen LogP contribution is 2.45. The van der Waals surface area contributed by atoms with Gasteiger partial charge in [0, 0.05) is 39.7 Å². The Kier molecular flexibility index (Phi) is 12.5. The zero-order chi connectivity index (χ0) is 36.9. The summed E-state index contributed by atoms with van der Waals surface area (Å²) >= 11 is 17.0. The third kappa shape index (κ3) is 9.27. The second-order valence-corrected chi connectivity index (χ2v) is 13.9. The van der Waals surface area contributed by atoms with E-state index in [0.717, 1.165) is 43.0 Å². The largest absolute Gasteiger partial charge is 0.463 e. The van der Waals surface area contributed by atoms with Gasteiger partial charge in [0.2, 0.25) is 15.3 Å². The van der Waals surface area contributed by atoms with Gasteiger partial charge in [-0.2, -0.15) is 0 Å². The molecule has 2 aliphatic rings. The predicted octanol–water partition coefficient (Wildman–Crippen LogP) is 3.21. The molecule has 0 radical (unpaired) electrons. The van der Waals surface area contributed by atoms with Gasteiger partial charge in [-0.1, -0.05) is 83.3 Å². The number of alkyl halides is 3. The fourth-order valence-corrected chi connectivity index (χ4v) is 5.96. The van der Waals surface area contributed by atoms with Crippen molar-refractivity contribution in [3.63, 3.8) is 0 Å². The number of hydrogen-bond acceptors (Lipinski definition) is 13. The average Bonchev–Trinajstić information content (AvgIpc) is 3.35. The molecule has 1 aliphatic heterocycles. The Morgan fingerprint density at radius 3 is 1.92 bits per heavy atom. The molecule has 2 aromatic rings. The van der Waals surface area contributed by atoms with E-state index in [-0.39, 0.29) is 12.5 Å². The highest BCUT2D eigenvalue weighted by Gasteiger charge is 2.68. The standard InChI is InChI=1S/C32H35Cl3N2O13/c1-17(38)45-15-25-26(48-18(2)39)27(49-19(3)40)32(44,37-29(42)47-16-31(33,34)35)30(43,50-25)12-13-36-28(41)46-14-24-22-10-6-4-8-20(22)21-9-5-7-11-23(21)24/h4-11,24-27,43-44H,12-16H2,1-3H3,(H,36,41)(H,37,42)/t25-,26+,27+,30-,32+/m1/s1. The average molecular weight is 762 g/mol. The molecule has 1 fully saturated rings. The quantitative estimate of drug-likeness (QED) is 0.113. The summed E-state index contributed by atoms with van der Waals surface area (Å²) in [4.78, 5) is 61.7. The first-order valence-electron chi connectivity index (χ1n) is 15.1. The molecular weight excluding hydrogens is 727 g/mol. The van der Waals surface area contributed by atoms with Crippen LogP contribution in [0, 0.1) is 0 Å². The lowest BCUT2D eigenvalue weighted by Gasteiger charge is -2.54. The molecule has 4 N–H and O–H groups in total. The minimum absolute atomic E-state index is 0.0375. The van der Waals surface area contributed by atoms with Gasteiger partial charge in [0.25, 0.3) is 0 Å². The molecule has 0 bridgehead atoms. The Morgan fingerprint density at radius 1 is 0.800 bits per heavy atom. The summed E-state index contributed by atoms with van der Waals surface area (Å²) in [6.45, 7) is 0.950. The topological polar surface area (TPSA) is 205 Å².